The number of nitrogens with zero attached hydrogens (tertiary/aromatic N) is 2. The van der Waals surface area contributed by atoms with Gasteiger partial charge in [0.25, 0.3) is 6.43 Å². The van der Waals surface area contributed by atoms with E-state index in [2.05, 4.69) is 4.98 Å². The summed E-state index contributed by atoms with van der Waals surface area (Å²) in [6, 6.07) is 3.33. The molecule has 78 valence electrons. The van der Waals surface area contributed by atoms with Gasteiger partial charge in [-0.25, -0.2) is 8.78 Å². The van der Waals surface area contributed by atoms with Crippen LogP contribution >= 0.6 is 0 Å². The summed E-state index contributed by atoms with van der Waals surface area (Å²) in [6.45, 7) is 1.88. The first-order valence-electron chi connectivity index (χ1n) is 4.43. The van der Waals surface area contributed by atoms with Crippen LogP contribution in [0.2, 0.25) is 0 Å². The van der Waals surface area contributed by atoms with Gasteiger partial charge < -0.3 is 4.90 Å². The minimum absolute atomic E-state index is 0.0484. The van der Waals surface area contributed by atoms with Gasteiger partial charge in [0, 0.05) is 12.2 Å². The zero-order chi connectivity index (χ0) is 10.7. The zero-order valence-electron chi connectivity index (χ0n) is 8.54. The second-order valence-corrected chi connectivity index (χ2v) is 3.42. The molecule has 0 bridgehead atoms. The molecule has 0 aliphatic rings. The van der Waals surface area contributed by atoms with Gasteiger partial charge in [0.05, 0.1) is 0 Å². The molecule has 0 amide bonds. The lowest BCUT2D eigenvalue weighted by Gasteiger charge is -2.21. The van der Waals surface area contributed by atoms with E-state index in [1.165, 1.54) is 6.20 Å². The van der Waals surface area contributed by atoms with Crippen LogP contribution in [0, 0.1) is 0 Å². The van der Waals surface area contributed by atoms with Crippen molar-refractivity contribution in [2.45, 2.75) is 19.4 Å². The SMILES string of the molecule is CC(c1cccnc1C(F)F)N(C)C. The van der Waals surface area contributed by atoms with Gasteiger partial charge in [-0.1, -0.05) is 6.07 Å². The molecule has 2 nitrogen and oxygen atoms in total. The smallest absolute Gasteiger partial charge is 0.280 e. The summed E-state index contributed by atoms with van der Waals surface area (Å²) in [5.74, 6) is 0. The third-order valence-electron chi connectivity index (χ3n) is 2.30. The fourth-order valence-corrected chi connectivity index (χ4v) is 1.24. The summed E-state index contributed by atoms with van der Waals surface area (Å²) in [5.41, 5.74) is 0.473. The van der Waals surface area contributed by atoms with Crippen molar-refractivity contribution in [3.63, 3.8) is 0 Å². The van der Waals surface area contributed by atoms with Crippen LogP contribution < -0.4 is 0 Å². The zero-order valence-corrected chi connectivity index (χ0v) is 8.54. The lowest BCUT2D eigenvalue weighted by molar-refractivity contribution is 0.142. The molecule has 1 aromatic rings. The molecule has 1 unspecified atom stereocenters. The van der Waals surface area contributed by atoms with Crippen LogP contribution in [0.3, 0.4) is 0 Å². The summed E-state index contributed by atoms with van der Waals surface area (Å²) in [7, 11) is 3.71. The van der Waals surface area contributed by atoms with Crippen LogP contribution in [0.15, 0.2) is 18.3 Å². The highest BCUT2D eigenvalue weighted by Crippen LogP contribution is 2.26. The van der Waals surface area contributed by atoms with Gasteiger partial charge in [-0.3, -0.25) is 4.98 Å². The number of alkyl halides is 2. The predicted octanol–water partition coefficient (Wildman–Crippen LogP) is 2.64. The lowest BCUT2D eigenvalue weighted by Crippen LogP contribution is -2.18. The van der Waals surface area contributed by atoms with E-state index >= 15 is 0 Å². The molecule has 14 heavy (non-hydrogen) atoms. The second-order valence-electron chi connectivity index (χ2n) is 3.42. The van der Waals surface area contributed by atoms with E-state index in [0.717, 1.165) is 0 Å². The minimum atomic E-state index is -2.51. The Kier molecular flexibility index (Phi) is 3.52. The number of halogens is 2. The van der Waals surface area contributed by atoms with E-state index < -0.39 is 6.43 Å². The van der Waals surface area contributed by atoms with Crippen LogP contribution in [-0.4, -0.2) is 24.0 Å². The molecule has 0 saturated heterocycles. The van der Waals surface area contributed by atoms with Gasteiger partial charge in [-0.05, 0) is 32.6 Å². The summed E-state index contributed by atoms with van der Waals surface area (Å²) in [4.78, 5) is 5.58. The Bertz CT molecular complexity index is 300. The van der Waals surface area contributed by atoms with E-state index in [4.69, 9.17) is 0 Å². The molecule has 0 fully saturated rings. The van der Waals surface area contributed by atoms with Gasteiger partial charge in [0.1, 0.15) is 5.69 Å². The third kappa shape index (κ3) is 2.26. The molecule has 0 aliphatic carbocycles. The van der Waals surface area contributed by atoms with Crippen molar-refractivity contribution >= 4 is 0 Å². The fraction of sp³-hybridized carbons (Fsp3) is 0.500. The van der Waals surface area contributed by atoms with Crippen molar-refractivity contribution < 1.29 is 8.78 Å². The average Bonchev–Trinajstić information content (AvgIpc) is 2.16. The molecule has 1 rings (SSSR count). The fourth-order valence-electron chi connectivity index (χ4n) is 1.24. The van der Waals surface area contributed by atoms with Crippen molar-refractivity contribution in [2.24, 2.45) is 0 Å². The molecule has 0 aromatic carbocycles. The van der Waals surface area contributed by atoms with Crippen molar-refractivity contribution in [3.8, 4) is 0 Å². The Hall–Kier alpha value is -1.03. The Labute approximate surface area is 82.6 Å². The molecule has 0 N–H and O–H groups in total. The van der Waals surface area contributed by atoms with E-state index in [-0.39, 0.29) is 11.7 Å². The van der Waals surface area contributed by atoms with Crippen LogP contribution in [-0.2, 0) is 0 Å². The first-order valence-corrected chi connectivity index (χ1v) is 4.43. The molecular weight excluding hydrogens is 186 g/mol. The lowest BCUT2D eigenvalue weighted by atomic mass is 10.1. The maximum absolute atomic E-state index is 12.6. The third-order valence-corrected chi connectivity index (χ3v) is 2.30. The number of hydrogen-bond acceptors (Lipinski definition) is 2. The number of pyridine rings is 1. The van der Waals surface area contributed by atoms with Gasteiger partial charge in [0.2, 0.25) is 0 Å². The van der Waals surface area contributed by atoms with E-state index in [0.29, 0.717) is 5.56 Å². The Morgan fingerprint density at radius 3 is 2.50 bits per heavy atom. The normalized spacial score (nSPS) is 13.6. The standard InChI is InChI=1S/C10H14F2N2/c1-7(14(2)3)8-5-4-6-13-9(8)10(11)12/h4-7,10H,1-3H3. The average molecular weight is 200 g/mol. The van der Waals surface area contributed by atoms with Gasteiger partial charge in [0.15, 0.2) is 0 Å². The molecule has 1 aromatic heterocycles. The number of rotatable bonds is 3. The van der Waals surface area contributed by atoms with Crippen LogP contribution in [0.25, 0.3) is 0 Å². The molecule has 1 heterocycles. The molecule has 4 heteroatoms. The Morgan fingerprint density at radius 1 is 1.36 bits per heavy atom. The quantitative estimate of drug-likeness (QED) is 0.745. The molecule has 1 atom stereocenters. The predicted molar refractivity (Wildman–Crippen MR) is 51.3 cm³/mol. The van der Waals surface area contributed by atoms with Crippen LogP contribution in [0.5, 0.6) is 0 Å². The van der Waals surface area contributed by atoms with Gasteiger partial charge >= 0.3 is 0 Å². The maximum Gasteiger partial charge on any atom is 0.280 e. The number of aromatic nitrogens is 1. The van der Waals surface area contributed by atoms with E-state index in [1.54, 1.807) is 12.1 Å². The molecule has 0 radical (unpaired) electrons. The monoisotopic (exact) mass is 200 g/mol. The van der Waals surface area contributed by atoms with E-state index in [1.807, 2.05) is 25.9 Å². The van der Waals surface area contributed by atoms with Crippen molar-refractivity contribution in [2.75, 3.05) is 14.1 Å². The maximum atomic E-state index is 12.6. The largest absolute Gasteiger partial charge is 0.303 e. The topological polar surface area (TPSA) is 16.1 Å². The second kappa shape index (κ2) is 4.46. The van der Waals surface area contributed by atoms with Gasteiger partial charge in [-0.15, -0.1) is 0 Å². The summed E-state index contributed by atoms with van der Waals surface area (Å²) < 4.78 is 25.1. The first kappa shape index (κ1) is 11.0. The molecular formula is C10H14F2N2. The highest BCUT2D eigenvalue weighted by Gasteiger charge is 2.19. The molecule has 0 saturated carbocycles. The Balaban J connectivity index is 3.06. The first-order chi connectivity index (χ1) is 6.54. The molecule has 0 aliphatic heterocycles. The highest BCUT2D eigenvalue weighted by molar-refractivity contribution is 5.23. The Morgan fingerprint density at radius 2 is 2.00 bits per heavy atom. The van der Waals surface area contributed by atoms with Crippen LogP contribution in [0.4, 0.5) is 8.78 Å². The highest BCUT2D eigenvalue weighted by atomic mass is 19.3. The summed E-state index contributed by atoms with van der Waals surface area (Å²) >= 11 is 0. The van der Waals surface area contributed by atoms with E-state index in [9.17, 15) is 8.78 Å². The van der Waals surface area contributed by atoms with Crippen molar-refractivity contribution in [1.82, 2.24) is 9.88 Å². The summed E-state index contributed by atoms with van der Waals surface area (Å²) in [6.07, 6.45) is -1.11. The van der Waals surface area contributed by atoms with Crippen LogP contribution in [0.1, 0.15) is 30.6 Å². The summed E-state index contributed by atoms with van der Waals surface area (Å²) in [5, 5.41) is 0. The minimum Gasteiger partial charge on any atom is -0.303 e. The van der Waals surface area contributed by atoms with Crippen molar-refractivity contribution in [3.05, 3.63) is 29.6 Å². The number of hydrogen-bond donors (Lipinski definition) is 0. The van der Waals surface area contributed by atoms with Gasteiger partial charge in [-0.2, -0.15) is 0 Å². The molecule has 0 spiro atoms. The van der Waals surface area contributed by atoms with Crippen molar-refractivity contribution in [1.29, 1.82) is 0 Å².